The first-order valence-electron chi connectivity index (χ1n) is 21.7. The lowest BCUT2D eigenvalue weighted by atomic mass is 9.79. The van der Waals surface area contributed by atoms with Crippen LogP contribution in [0.2, 0.25) is 0 Å². The van der Waals surface area contributed by atoms with Crippen LogP contribution in [0.25, 0.3) is 22.3 Å². The number of carbonyl (C=O) groups is 3. The van der Waals surface area contributed by atoms with E-state index in [0.29, 0.717) is 0 Å². The number of fused-ring (bicyclic) bond motifs is 6. The van der Waals surface area contributed by atoms with Crippen LogP contribution in [0.5, 0.6) is 0 Å². The van der Waals surface area contributed by atoms with E-state index in [2.05, 4.69) is 83.4 Å². The van der Waals surface area contributed by atoms with Crippen molar-refractivity contribution in [3.05, 3.63) is 191 Å². The molecule has 7 heteroatoms. The van der Waals surface area contributed by atoms with Gasteiger partial charge in [-0.3, -0.25) is 25.0 Å². The van der Waals surface area contributed by atoms with Gasteiger partial charge in [0.25, 0.3) is 0 Å². The minimum Gasteiger partial charge on any atom is -0.459 e. The van der Waals surface area contributed by atoms with Gasteiger partial charge in [-0.25, -0.2) is 0 Å². The quantitative estimate of drug-likeness (QED) is 0.106. The molecule has 0 saturated carbocycles. The first kappa shape index (κ1) is 42.5. The van der Waals surface area contributed by atoms with Crippen LogP contribution in [0.1, 0.15) is 101 Å². The second kappa shape index (κ2) is 17.0. The summed E-state index contributed by atoms with van der Waals surface area (Å²) in [6.45, 7) is 11.1. The smallest absolute Gasteiger partial charge is 0.323 e. The topological polar surface area (TPSA) is 93.7 Å². The number of carbonyl (C=O) groups excluding carboxylic acids is 3. The predicted molar refractivity (Wildman–Crippen MR) is 245 cm³/mol. The highest BCUT2D eigenvalue weighted by molar-refractivity contribution is 5.87. The van der Waals surface area contributed by atoms with Gasteiger partial charge in [0.1, 0.15) is 29.1 Å². The van der Waals surface area contributed by atoms with Gasteiger partial charge in [-0.1, -0.05) is 158 Å². The number of ketones is 1. The summed E-state index contributed by atoms with van der Waals surface area (Å²) < 4.78 is 12.2. The molecule has 2 atom stereocenters. The molecule has 2 aliphatic carbocycles. The van der Waals surface area contributed by atoms with E-state index in [0.717, 1.165) is 55.6 Å². The number of Topliss-reactive ketones (excluding diaryl/α,β-unsaturated/α-hetero) is 1. The molecular weight excluding hydrogens is 769 g/mol. The molecule has 0 saturated heterocycles. The van der Waals surface area contributed by atoms with Crippen LogP contribution in [0, 0.1) is 0 Å². The first-order valence-corrected chi connectivity index (χ1v) is 21.7. The Hall–Kier alpha value is -6.15. The van der Waals surface area contributed by atoms with E-state index in [9.17, 15) is 14.4 Å². The van der Waals surface area contributed by atoms with Crippen LogP contribution in [-0.2, 0) is 34.9 Å². The monoisotopic (exact) mass is 824 g/mol. The number of benzene rings is 6. The summed E-state index contributed by atoms with van der Waals surface area (Å²) >= 11 is 0. The summed E-state index contributed by atoms with van der Waals surface area (Å²) in [4.78, 5) is 43.0. The van der Waals surface area contributed by atoms with Gasteiger partial charge in [-0.05, 0) is 110 Å². The summed E-state index contributed by atoms with van der Waals surface area (Å²) in [5, 5.41) is 7.64. The Morgan fingerprint density at radius 2 is 0.710 bits per heavy atom. The van der Waals surface area contributed by atoms with Crippen LogP contribution < -0.4 is 10.6 Å². The zero-order valence-corrected chi connectivity index (χ0v) is 36.5. The molecule has 0 fully saturated rings. The third-order valence-corrected chi connectivity index (χ3v) is 11.9. The summed E-state index contributed by atoms with van der Waals surface area (Å²) in [7, 11) is 0. The Morgan fingerprint density at radius 3 is 1.00 bits per heavy atom. The molecule has 0 aliphatic heterocycles. The summed E-state index contributed by atoms with van der Waals surface area (Å²) in [6.07, 6.45) is 0.543. The lowest BCUT2D eigenvalue weighted by Crippen LogP contribution is -2.53. The number of hydrogen-bond acceptors (Lipinski definition) is 7. The van der Waals surface area contributed by atoms with E-state index in [1.165, 1.54) is 0 Å². The van der Waals surface area contributed by atoms with Gasteiger partial charge in [-0.2, -0.15) is 0 Å². The fraction of sp³-hybridized carbons (Fsp3) is 0.291. The molecule has 2 N–H and O–H groups in total. The number of hydrogen-bond donors (Lipinski definition) is 2. The minimum absolute atomic E-state index is 0.0716. The molecule has 8 rings (SSSR count). The van der Waals surface area contributed by atoms with E-state index in [1.54, 1.807) is 0 Å². The molecule has 316 valence electrons. The van der Waals surface area contributed by atoms with Crippen molar-refractivity contribution in [1.29, 1.82) is 0 Å². The van der Waals surface area contributed by atoms with Crippen LogP contribution >= 0.6 is 0 Å². The third kappa shape index (κ3) is 8.15. The summed E-state index contributed by atoms with van der Waals surface area (Å²) in [5.74, 6) is -0.934. The number of rotatable bonds is 14. The molecule has 0 heterocycles. The van der Waals surface area contributed by atoms with Gasteiger partial charge < -0.3 is 9.47 Å². The minimum atomic E-state index is -0.898. The van der Waals surface area contributed by atoms with Crippen LogP contribution in [0.3, 0.4) is 0 Å². The van der Waals surface area contributed by atoms with E-state index < -0.39 is 46.3 Å². The van der Waals surface area contributed by atoms with Crippen molar-refractivity contribution in [1.82, 2.24) is 10.6 Å². The van der Waals surface area contributed by atoms with Gasteiger partial charge in [-0.15, -0.1) is 0 Å². The molecule has 0 spiro atoms. The molecule has 0 bridgehead atoms. The number of esters is 2. The summed E-state index contributed by atoms with van der Waals surface area (Å²) in [6, 6.07) is 51.8. The van der Waals surface area contributed by atoms with Crippen molar-refractivity contribution in [3.8, 4) is 22.3 Å². The molecule has 2 aliphatic rings. The molecule has 0 aromatic heterocycles. The second-order valence-corrected chi connectivity index (χ2v) is 18.5. The summed E-state index contributed by atoms with van der Waals surface area (Å²) in [5.41, 5.74) is 7.09. The average molecular weight is 825 g/mol. The third-order valence-electron chi connectivity index (χ3n) is 11.9. The number of nitrogens with one attached hydrogen (secondary N) is 2. The average Bonchev–Trinajstić information content (AvgIpc) is 3.71. The highest BCUT2D eigenvalue weighted by Gasteiger charge is 2.49. The van der Waals surface area contributed by atoms with Gasteiger partial charge in [0.05, 0.1) is 11.1 Å². The fourth-order valence-corrected chi connectivity index (χ4v) is 9.45. The van der Waals surface area contributed by atoms with E-state index in [1.807, 2.05) is 126 Å². The second-order valence-electron chi connectivity index (χ2n) is 18.5. The zero-order chi connectivity index (χ0) is 43.7. The van der Waals surface area contributed by atoms with Gasteiger partial charge >= 0.3 is 11.9 Å². The molecule has 0 radical (unpaired) electrons. The first-order chi connectivity index (χ1) is 29.7. The standard InChI is InChI=1S/C55H56N2O5/c1-52(2,3)61-50(59)48(56-54(37-21-9-7-10-22-37)44-29-17-13-25-40(44)41-26-14-18-30-45(41)54)35-33-39(58)34-36-49(51(60)62-53(4,5)6)57-55(38-23-11-8-12-24-38)46-31-19-15-27-42(46)43-28-16-20-32-47(43)55/h7-32,48-49,56-57H,33-36H2,1-6H3/t48-,49-/m1/s1. The number of ether oxygens (including phenoxy) is 2. The normalized spacial score (nSPS) is 15.3. The Labute approximate surface area is 365 Å². The van der Waals surface area contributed by atoms with Crippen molar-refractivity contribution in [2.24, 2.45) is 0 Å². The highest BCUT2D eigenvalue weighted by atomic mass is 16.6. The van der Waals surface area contributed by atoms with Crippen molar-refractivity contribution in [3.63, 3.8) is 0 Å². The van der Waals surface area contributed by atoms with Crippen molar-refractivity contribution in [2.75, 3.05) is 0 Å². The SMILES string of the molecule is CC(C)(C)OC(=O)[C@@H](CCC(=O)CC[C@@H](NC1(c2ccccc2)c2ccccc2-c2ccccc21)C(=O)OC(C)(C)C)NC1(c2ccccc2)c2ccccc2-c2ccccc21. The van der Waals surface area contributed by atoms with Crippen LogP contribution in [-0.4, -0.2) is 41.0 Å². The highest BCUT2D eigenvalue weighted by Crippen LogP contribution is 2.52. The van der Waals surface area contributed by atoms with Crippen molar-refractivity contribution >= 4 is 17.7 Å². The van der Waals surface area contributed by atoms with Crippen molar-refractivity contribution in [2.45, 2.75) is 102 Å². The molecule has 0 unspecified atom stereocenters. The maximum absolute atomic E-state index is 14.3. The Bertz CT molecular complexity index is 2320. The van der Waals surface area contributed by atoms with E-state index in [4.69, 9.17) is 9.47 Å². The Morgan fingerprint density at radius 1 is 0.435 bits per heavy atom. The molecule has 6 aromatic rings. The van der Waals surface area contributed by atoms with Crippen LogP contribution in [0.4, 0.5) is 0 Å². The zero-order valence-electron chi connectivity index (χ0n) is 36.5. The molecule has 6 aromatic carbocycles. The lowest BCUT2D eigenvalue weighted by molar-refractivity contribution is -0.159. The molecule has 62 heavy (non-hydrogen) atoms. The van der Waals surface area contributed by atoms with Gasteiger partial charge in [0.15, 0.2) is 0 Å². The molecular formula is C55H56N2O5. The molecule has 7 nitrogen and oxygen atoms in total. The maximum atomic E-state index is 14.3. The maximum Gasteiger partial charge on any atom is 0.323 e. The Balaban J connectivity index is 1.11. The predicted octanol–water partition coefficient (Wildman–Crippen LogP) is 10.7. The largest absolute Gasteiger partial charge is 0.459 e. The van der Waals surface area contributed by atoms with Crippen LogP contribution in [0.15, 0.2) is 158 Å². The fourth-order valence-electron chi connectivity index (χ4n) is 9.45. The van der Waals surface area contributed by atoms with Crippen molar-refractivity contribution < 1.29 is 23.9 Å². The molecule has 0 amide bonds. The van der Waals surface area contributed by atoms with Gasteiger partial charge in [0, 0.05) is 12.8 Å². The van der Waals surface area contributed by atoms with E-state index in [-0.39, 0.29) is 31.5 Å². The Kier molecular flexibility index (Phi) is 11.6. The lowest BCUT2D eigenvalue weighted by Gasteiger charge is -2.38. The van der Waals surface area contributed by atoms with Gasteiger partial charge in [0.2, 0.25) is 0 Å². The van der Waals surface area contributed by atoms with E-state index >= 15 is 0 Å².